The average Bonchev–Trinajstić information content (AvgIpc) is 2.47. The van der Waals surface area contributed by atoms with Gasteiger partial charge in [-0.25, -0.2) is 0 Å². The molecule has 0 atom stereocenters. The largest absolute Gasteiger partial charge is 0.322 e. The summed E-state index contributed by atoms with van der Waals surface area (Å²) in [6.07, 6.45) is 2.85. The molecule has 1 amide bonds. The molecule has 0 bridgehead atoms. The molecule has 0 spiro atoms. The van der Waals surface area contributed by atoms with E-state index in [0.29, 0.717) is 11.8 Å². The number of hydrogen-bond donors (Lipinski definition) is 1. The maximum absolute atomic E-state index is 12.1. The van der Waals surface area contributed by atoms with Crippen LogP contribution in [0.2, 0.25) is 5.02 Å². The first-order chi connectivity index (χ1) is 10.4. The van der Waals surface area contributed by atoms with Crippen molar-refractivity contribution >= 4 is 34.6 Å². The van der Waals surface area contributed by atoms with Gasteiger partial charge in [0.15, 0.2) is 0 Å². The maximum Gasteiger partial charge on any atom is 0.295 e. The highest BCUT2D eigenvalue weighted by molar-refractivity contribution is 6.36. The molecule has 1 aromatic carbocycles. The second-order valence-corrected chi connectivity index (χ2v) is 4.41. The first-order valence-corrected chi connectivity index (χ1v) is 6.11. The van der Waals surface area contributed by atoms with Gasteiger partial charge in [-0.15, -0.1) is 0 Å². The molecular formula is C12H7ClN4O5. The van der Waals surface area contributed by atoms with Gasteiger partial charge in [-0.2, -0.15) is 0 Å². The number of pyridine rings is 1. The fourth-order valence-corrected chi connectivity index (χ4v) is 1.90. The van der Waals surface area contributed by atoms with E-state index in [4.69, 9.17) is 11.6 Å². The van der Waals surface area contributed by atoms with E-state index in [1.165, 1.54) is 24.5 Å². The Kier molecular flexibility index (Phi) is 4.28. The van der Waals surface area contributed by atoms with E-state index < -0.39 is 32.2 Å². The molecule has 22 heavy (non-hydrogen) atoms. The molecule has 0 aliphatic heterocycles. The lowest BCUT2D eigenvalue weighted by Gasteiger charge is -2.07. The number of nitrogens with one attached hydrogen (secondary N) is 1. The summed E-state index contributed by atoms with van der Waals surface area (Å²) in [5.74, 6) is -0.803. The second kappa shape index (κ2) is 6.14. The average molecular weight is 323 g/mol. The number of nitro groups is 2. The Bertz CT molecular complexity index is 766. The van der Waals surface area contributed by atoms with Crippen LogP contribution in [0.15, 0.2) is 36.7 Å². The number of carbonyl (C=O) groups excluding carboxylic acids is 1. The summed E-state index contributed by atoms with van der Waals surface area (Å²) >= 11 is 5.80. The third-order valence-electron chi connectivity index (χ3n) is 2.63. The Balaban J connectivity index is 2.47. The van der Waals surface area contributed by atoms with E-state index >= 15 is 0 Å². The smallest absolute Gasteiger partial charge is 0.295 e. The van der Waals surface area contributed by atoms with Crippen LogP contribution in [0, 0.1) is 20.2 Å². The summed E-state index contributed by atoms with van der Waals surface area (Å²) in [6.45, 7) is 0. The molecule has 0 aliphatic carbocycles. The predicted molar refractivity (Wildman–Crippen MR) is 77.0 cm³/mol. The number of amides is 1. The quantitative estimate of drug-likeness (QED) is 0.680. The standard InChI is InChI=1S/C12H7ClN4O5/c13-11-9(12(18)15-7-1-3-14-4-2-7)5-8(16(19)20)6-10(11)17(21)22/h1-6H,(H,14,15,18). The molecule has 2 rings (SSSR count). The number of benzene rings is 1. The van der Waals surface area contributed by atoms with E-state index in [9.17, 15) is 25.0 Å². The summed E-state index contributed by atoms with van der Waals surface area (Å²) in [4.78, 5) is 35.9. The molecule has 2 aromatic rings. The van der Waals surface area contributed by atoms with Crippen molar-refractivity contribution in [1.29, 1.82) is 0 Å². The van der Waals surface area contributed by atoms with Gasteiger partial charge < -0.3 is 5.32 Å². The topological polar surface area (TPSA) is 128 Å². The fraction of sp³-hybridized carbons (Fsp3) is 0. The molecule has 0 radical (unpaired) electrons. The molecule has 0 fully saturated rings. The molecule has 112 valence electrons. The van der Waals surface area contributed by atoms with Gasteiger partial charge in [0.05, 0.1) is 21.5 Å². The van der Waals surface area contributed by atoms with Gasteiger partial charge in [-0.1, -0.05) is 11.6 Å². The number of carbonyl (C=O) groups is 1. The molecule has 10 heteroatoms. The maximum atomic E-state index is 12.1. The van der Waals surface area contributed by atoms with E-state index in [2.05, 4.69) is 10.3 Å². The van der Waals surface area contributed by atoms with E-state index in [0.717, 1.165) is 6.07 Å². The lowest BCUT2D eigenvalue weighted by Crippen LogP contribution is -2.13. The molecule has 0 aliphatic rings. The number of anilines is 1. The normalized spacial score (nSPS) is 10.0. The van der Waals surface area contributed by atoms with Crippen LogP contribution in [0.3, 0.4) is 0 Å². The van der Waals surface area contributed by atoms with Crippen molar-refractivity contribution in [3.05, 3.63) is 67.5 Å². The molecule has 9 nitrogen and oxygen atoms in total. The summed E-state index contributed by atoms with van der Waals surface area (Å²) in [5.41, 5.74) is -1.31. The fourth-order valence-electron chi connectivity index (χ4n) is 1.63. The third kappa shape index (κ3) is 3.15. The summed E-state index contributed by atoms with van der Waals surface area (Å²) in [6, 6.07) is 4.55. The van der Waals surface area contributed by atoms with Gasteiger partial charge in [-0.05, 0) is 12.1 Å². The number of nitro benzene ring substituents is 2. The summed E-state index contributed by atoms with van der Waals surface area (Å²) in [5, 5.41) is 23.7. The highest BCUT2D eigenvalue weighted by Crippen LogP contribution is 2.33. The van der Waals surface area contributed by atoms with Gasteiger partial charge in [-0.3, -0.25) is 30.0 Å². The Morgan fingerprint density at radius 2 is 1.77 bits per heavy atom. The van der Waals surface area contributed by atoms with Gasteiger partial charge in [0.1, 0.15) is 5.02 Å². The number of non-ortho nitro benzene ring substituents is 1. The minimum Gasteiger partial charge on any atom is -0.322 e. The number of aromatic nitrogens is 1. The number of hydrogen-bond acceptors (Lipinski definition) is 6. The van der Waals surface area contributed by atoms with Crippen LogP contribution >= 0.6 is 11.6 Å². The first kappa shape index (κ1) is 15.3. The highest BCUT2D eigenvalue weighted by Gasteiger charge is 2.26. The predicted octanol–water partition coefficient (Wildman–Crippen LogP) is 2.80. The van der Waals surface area contributed by atoms with E-state index in [1.807, 2.05) is 0 Å². The first-order valence-electron chi connectivity index (χ1n) is 5.74. The molecule has 1 heterocycles. The zero-order valence-corrected chi connectivity index (χ0v) is 11.5. The van der Waals surface area contributed by atoms with Crippen LogP contribution in [-0.4, -0.2) is 20.7 Å². The van der Waals surface area contributed by atoms with Crippen LogP contribution in [0.1, 0.15) is 10.4 Å². The van der Waals surface area contributed by atoms with Crippen LogP contribution < -0.4 is 5.32 Å². The molecule has 0 saturated carbocycles. The van der Waals surface area contributed by atoms with Crippen molar-refractivity contribution in [2.45, 2.75) is 0 Å². The Hall–Kier alpha value is -3.07. The van der Waals surface area contributed by atoms with Crippen LogP contribution in [0.5, 0.6) is 0 Å². The Morgan fingerprint density at radius 1 is 1.14 bits per heavy atom. The molecule has 0 saturated heterocycles. The molecule has 1 N–H and O–H groups in total. The number of nitrogens with zero attached hydrogens (tertiary/aromatic N) is 3. The second-order valence-electron chi connectivity index (χ2n) is 4.03. The van der Waals surface area contributed by atoms with E-state index in [-0.39, 0.29) is 5.56 Å². The minimum absolute atomic E-state index is 0.362. The molecule has 1 aromatic heterocycles. The lowest BCUT2D eigenvalue weighted by molar-refractivity contribution is -0.394. The SMILES string of the molecule is O=C(Nc1ccncc1)c1cc([N+](=O)[O-])cc([N+](=O)[O-])c1Cl. The zero-order chi connectivity index (χ0) is 16.3. The molecule has 0 unspecified atom stereocenters. The lowest BCUT2D eigenvalue weighted by atomic mass is 10.1. The summed E-state index contributed by atoms with van der Waals surface area (Å²) < 4.78 is 0. The monoisotopic (exact) mass is 322 g/mol. The molecular weight excluding hydrogens is 316 g/mol. The number of rotatable bonds is 4. The zero-order valence-electron chi connectivity index (χ0n) is 10.7. The van der Waals surface area contributed by atoms with Crippen molar-refractivity contribution < 1.29 is 14.6 Å². The van der Waals surface area contributed by atoms with Crippen molar-refractivity contribution in [1.82, 2.24) is 4.98 Å². The van der Waals surface area contributed by atoms with Crippen LogP contribution in [-0.2, 0) is 0 Å². The van der Waals surface area contributed by atoms with Crippen molar-refractivity contribution in [3.63, 3.8) is 0 Å². The van der Waals surface area contributed by atoms with Gasteiger partial charge >= 0.3 is 0 Å². The van der Waals surface area contributed by atoms with E-state index in [1.54, 1.807) is 0 Å². The van der Waals surface area contributed by atoms with Crippen molar-refractivity contribution in [2.24, 2.45) is 0 Å². The van der Waals surface area contributed by atoms with Gasteiger partial charge in [0.25, 0.3) is 17.3 Å². The van der Waals surface area contributed by atoms with Crippen LogP contribution in [0.25, 0.3) is 0 Å². The van der Waals surface area contributed by atoms with Crippen molar-refractivity contribution in [3.8, 4) is 0 Å². The Morgan fingerprint density at radius 3 is 2.32 bits per heavy atom. The minimum atomic E-state index is -0.890. The van der Waals surface area contributed by atoms with Crippen molar-refractivity contribution in [2.75, 3.05) is 5.32 Å². The summed E-state index contributed by atoms with van der Waals surface area (Å²) in [7, 11) is 0. The highest BCUT2D eigenvalue weighted by atomic mass is 35.5. The number of halogens is 1. The third-order valence-corrected chi connectivity index (χ3v) is 3.03. The Labute approximate surface area is 127 Å². The van der Waals surface area contributed by atoms with Crippen LogP contribution in [0.4, 0.5) is 17.1 Å². The van der Waals surface area contributed by atoms with Gasteiger partial charge in [0, 0.05) is 24.1 Å². The van der Waals surface area contributed by atoms with Gasteiger partial charge in [0.2, 0.25) is 0 Å².